The van der Waals surface area contributed by atoms with Crippen LogP contribution in [0, 0.1) is 5.92 Å². The molecule has 1 fully saturated rings. The number of amides is 2. The molecule has 2 rings (SSSR count). The van der Waals surface area contributed by atoms with Crippen molar-refractivity contribution in [3.63, 3.8) is 0 Å². The van der Waals surface area contributed by atoms with E-state index < -0.39 is 12.1 Å². The lowest BCUT2D eigenvalue weighted by molar-refractivity contribution is -0.123. The first-order chi connectivity index (χ1) is 11.0. The molecule has 0 aromatic heterocycles. The quantitative estimate of drug-likeness (QED) is 0.877. The largest absolute Gasteiger partial charge is 0.445 e. The third-order valence-electron chi connectivity index (χ3n) is 4.30. The number of rotatable bonds is 5. The summed E-state index contributed by atoms with van der Waals surface area (Å²) in [5.74, 6) is 0.591. The first kappa shape index (κ1) is 17.3. The van der Waals surface area contributed by atoms with E-state index in [1.165, 1.54) is 0 Å². The van der Waals surface area contributed by atoms with Gasteiger partial charge in [0.2, 0.25) is 5.91 Å². The molecule has 1 atom stereocenters. The minimum Gasteiger partial charge on any atom is -0.445 e. The standard InChI is InChI=1S/C18H26N2O3/c1-13-8-10-16(11-9-13)20-17(21)14(2)19-18(22)23-12-15-6-4-3-5-7-15/h3-7,13-14,16H,8-12H2,1-2H3,(H,19,22)(H,20,21)/t13?,14-,16?/m1/s1. The fraction of sp³-hybridized carbons (Fsp3) is 0.556. The summed E-state index contributed by atoms with van der Waals surface area (Å²) in [5, 5.41) is 5.58. The van der Waals surface area contributed by atoms with E-state index >= 15 is 0 Å². The van der Waals surface area contributed by atoms with Gasteiger partial charge >= 0.3 is 6.09 Å². The highest BCUT2D eigenvalue weighted by Crippen LogP contribution is 2.23. The molecule has 1 saturated carbocycles. The van der Waals surface area contributed by atoms with Crippen molar-refractivity contribution in [2.24, 2.45) is 5.92 Å². The van der Waals surface area contributed by atoms with Crippen LogP contribution in [-0.4, -0.2) is 24.1 Å². The smallest absolute Gasteiger partial charge is 0.408 e. The maximum Gasteiger partial charge on any atom is 0.408 e. The van der Waals surface area contributed by atoms with Gasteiger partial charge in [-0.05, 0) is 44.1 Å². The Morgan fingerprint density at radius 2 is 1.83 bits per heavy atom. The van der Waals surface area contributed by atoms with Gasteiger partial charge in [-0.3, -0.25) is 4.79 Å². The summed E-state index contributed by atoms with van der Waals surface area (Å²) < 4.78 is 5.12. The van der Waals surface area contributed by atoms with E-state index in [9.17, 15) is 9.59 Å². The van der Waals surface area contributed by atoms with E-state index in [0.29, 0.717) is 0 Å². The van der Waals surface area contributed by atoms with E-state index in [2.05, 4.69) is 17.6 Å². The number of carbonyl (C=O) groups excluding carboxylic acids is 2. The molecule has 0 heterocycles. The number of alkyl carbamates (subject to hydrolysis) is 1. The van der Waals surface area contributed by atoms with Gasteiger partial charge in [-0.15, -0.1) is 0 Å². The van der Waals surface area contributed by atoms with E-state index in [1.807, 2.05) is 30.3 Å². The third-order valence-corrected chi connectivity index (χ3v) is 4.30. The van der Waals surface area contributed by atoms with Gasteiger partial charge in [0.25, 0.3) is 0 Å². The zero-order valence-electron chi connectivity index (χ0n) is 13.9. The lowest BCUT2D eigenvalue weighted by Crippen LogP contribution is -2.48. The van der Waals surface area contributed by atoms with Crippen molar-refractivity contribution in [2.45, 2.75) is 58.2 Å². The Morgan fingerprint density at radius 1 is 1.17 bits per heavy atom. The van der Waals surface area contributed by atoms with E-state index in [0.717, 1.165) is 37.2 Å². The Hall–Kier alpha value is -2.04. The molecule has 1 aliphatic rings. The second kappa shape index (κ2) is 8.56. The molecule has 2 N–H and O–H groups in total. The van der Waals surface area contributed by atoms with E-state index in [1.54, 1.807) is 6.92 Å². The second-order valence-electron chi connectivity index (χ2n) is 6.39. The monoisotopic (exact) mass is 318 g/mol. The second-order valence-corrected chi connectivity index (χ2v) is 6.39. The molecule has 0 aliphatic heterocycles. The van der Waals surface area contributed by atoms with Crippen LogP contribution in [0.2, 0.25) is 0 Å². The third kappa shape index (κ3) is 5.93. The van der Waals surface area contributed by atoms with Crippen molar-refractivity contribution in [1.29, 1.82) is 0 Å². The Labute approximate surface area is 137 Å². The van der Waals surface area contributed by atoms with E-state index in [-0.39, 0.29) is 18.6 Å². The van der Waals surface area contributed by atoms with Crippen LogP contribution in [-0.2, 0) is 16.1 Å². The van der Waals surface area contributed by atoms with Crippen molar-refractivity contribution < 1.29 is 14.3 Å². The normalized spacial score (nSPS) is 22.0. The Morgan fingerprint density at radius 3 is 2.48 bits per heavy atom. The van der Waals surface area contributed by atoms with Gasteiger partial charge in [0.1, 0.15) is 12.6 Å². The van der Waals surface area contributed by atoms with E-state index in [4.69, 9.17) is 4.74 Å². The lowest BCUT2D eigenvalue weighted by Gasteiger charge is -2.28. The molecule has 5 heteroatoms. The molecule has 1 aromatic rings. The van der Waals surface area contributed by atoms with Crippen LogP contribution in [0.4, 0.5) is 4.79 Å². The molecule has 0 bridgehead atoms. The highest BCUT2D eigenvalue weighted by Gasteiger charge is 2.23. The first-order valence-corrected chi connectivity index (χ1v) is 8.32. The van der Waals surface area contributed by atoms with Gasteiger partial charge in [0.05, 0.1) is 0 Å². The Bertz CT molecular complexity index is 510. The predicted molar refractivity (Wildman–Crippen MR) is 88.8 cm³/mol. The van der Waals surface area contributed by atoms with Gasteiger partial charge in [0, 0.05) is 6.04 Å². The molecule has 0 saturated heterocycles. The van der Waals surface area contributed by atoms with Crippen LogP contribution in [0.25, 0.3) is 0 Å². The van der Waals surface area contributed by atoms with Gasteiger partial charge in [-0.25, -0.2) is 4.79 Å². The summed E-state index contributed by atoms with van der Waals surface area (Å²) in [6.45, 7) is 4.11. The molecule has 23 heavy (non-hydrogen) atoms. The number of hydrogen-bond acceptors (Lipinski definition) is 3. The molecular weight excluding hydrogens is 292 g/mol. The van der Waals surface area contributed by atoms with Crippen molar-refractivity contribution in [2.75, 3.05) is 0 Å². The fourth-order valence-corrected chi connectivity index (χ4v) is 2.74. The van der Waals surface area contributed by atoms with Gasteiger partial charge in [0.15, 0.2) is 0 Å². The van der Waals surface area contributed by atoms with Crippen LogP contribution < -0.4 is 10.6 Å². The summed E-state index contributed by atoms with van der Waals surface area (Å²) in [6, 6.07) is 9.07. The molecule has 0 unspecified atom stereocenters. The average molecular weight is 318 g/mol. The van der Waals surface area contributed by atoms with Crippen molar-refractivity contribution in [1.82, 2.24) is 10.6 Å². The van der Waals surface area contributed by atoms with Crippen LogP contribution in [0.15, 0.2) is 30.3 Å². The number of nitrogens with one attached hydrogen (secondary N) is 2. The van der Waals surface area contributed by atoms with Crippen LogP contribution >= 0.6 is 0 Å². The van der Waals surface area contributed by atoms with Gasteiger partial charge in [-0.2, -0.15) is 0 Å². The topological polar surface area (TPSA) is 67.4 Å². The lowest BCUT2D eigenvalue weighted by atomic mass is 9.87. The van der Waals surface area contributed by atoms with Crippen LogP contribution in [0.1, 0.15) is 45.1 Å². The number of carbonyl (C=O) groups is 2. The molecule has 1 aromatic carbocycles. The molecule has 126 valence electrons. The Kier molecular flexibility index (Phi) is 6.44. The summed E-state index contributed by atoms with van der Waals surface area (Å²) in [4.78, 5) is 23.9. The molecule has 0 spiro atoms. The van der Waals surface area contributed by atoms with Crippen molar-refractivity contribution >= 4 is 12.0 Å². The maximum absolute atomic E-state index is 12.1. The highest BCUT2D eigenvalue weighted by molar-refractivity contribution is 5.85. The minimum atomic E-state index is -0.599. The van der Waals surface area contributed by atoms with Crippen LogP contribution in [0.5, 0.6) is 0 Å². The molecule has 1 aliphatic carbocycles. The molecule has 0 radical (unpaired) electrons. The Balaban J connectivity index is 1.69. The number of benzene rings is 1. The average Bonchev–Trinajstić information content (AvgIpc) is 2.56. The number of ether oxygens (including phenoxy) is 1. The van der Waals surface area contributed by atoms with Gasteiger partial charge < -0.3 is 15.4 Å². The first-order valence-electron chi connectivity index (χ1n) is 8.32. The molecule has 2 amide bonds. The van der Waals surface area contributed by atoms with Crippen molar-refractivity contribution in [3.05, 3.63) is 35.9 Å². The number of hydrogen-bond donors (Lipinski definition) is 2. The summed E-state index contributed by atoms with van der Waals surface area (Å²) in [7, 11) is 0. The minimum absolute atomic E-state index is 0.152. The molecule has 5 nitrogen and oxygen atoms in total. The SMILES string of the molecule is CC1CCC(NC(=O)[C@@H](C)NC(=O)OCc2ccccc2)CC1. The highest BCUT2D eigenvalue weighted by atomic mass is 16.5. The summed E-state index contributed by atoms with van der Waals surface area (Å²) >= 11 is 0. The fourth-order valence-electron chi connectivity index (χ4n) is 2.74. The predicted octanol–water partition coefficient (Wildman–Crippen LogP) is 3.00. The van der Waals surface area contributed by atoms with Crippen LogP contribution in [0.3, 0.4) is 0 Å². The summed E-state index contributed by atoms with van der Waals surface area (Å²) in [5.41, 5.74) is 0.913. The zero-order valence-corrected chi connectivity index (χ0v) is 13.9. The van der Waals surface area contributed by atoms with Crippen molar-refractivity contribution in [3.8, 4) is 0 Å². The summed E-state index contributed by atoms with van der Waals surface area (Å²) in [6.07, 6.45) is 3.74. The zero-order chi connectivity index (χ0) is 16.7. The molecular formula is C18H26N2O3. The van der Waals surface area contributed by atoms with Gasteiger partial charge in [-0.1, -0.05) is 37.3 Å². The maximum atomic E-state index is 12.1.